The second-order valence-electron chi connectivity index (χ2n) is 7.21. The Kier molecular flexibility index (Phi) is 6.22. The minimum Gasteiger partial charge on any atom is -0.461 e. The lowest BCUT2D eigenvalue weighted by molar-refractivity contribution is -0.156. The Morgan fingerprint density at radius 2 is 2.00 bits per heavy atom. The van der Waals surface area contributed by atoms with Crippen LogP contribution in [0.4, 0.5) is 0 Å². The Morgan fingerprint density at radius 3 is 2.64 bits per heavy atom. The van der Waals surface area contributed by atoms with Crippen LogP contribution in [0.25, 0.3) is 0 Å². The first kappa shape index (κ1) is 19.4. The third-order valence-corrected chi connectivity index (χ3v) is 4.92. The summed E-state index contributed by atoms with van der Waals surface area (Å²) in [6.45, 7) is 11.4. The highest BCUT2D eigenvalue weighted by Crippen LogP contribution is 2.36. The Bertz CT molecular complexity index is 616. The first-order valence-electron chi connectivity index (χ1n) is 8.85. The lowest BCUT2D eigenvalue weighted by Crippen LogP contribution is -2.35. The number of esters is 2. The highest BCUT2D eigenvalue weighted by molar-refractivity contribution is 5.91. The van der Waals surface area contributed by atoms with Gasteiger partial charge in [0.1, 0.15) is 12.2 Å². The SMILES string of the molecule is C=C1C(=O)OC2C=C(C)CC(O)C=C(C)CC(OC(=O)C(C)CC)C12. The molecule has 5 nitrogen and oxygen atoms in total. The summed E-state index contributed by atoms with van der Waals surface area (Å²) >= 11 is 0. The fraction of sp³-hybridized carbons (Fsp3) is 0.600. The average Bonchev–Trinajstić information content (AvgIpc) is 2.78. The molecule has 138 valence electrons. The number of carbonyl (C=O) groups is 2. The van der Waals surface area contributed by atoms with Crippen LogP contribution in [0, 0.1) is 11.8 Å². The molecule has 0 saturated carbocycles. The van der Waals surface area contributed by atoms with Crippen molar-refractivity contribution in [3.63, 3.8) is 0 Å². The van der Waals surface area contributed by atoms with E-state index in [1.165, 1.54) is 0 Å². The summed E-state index contributed by atoms with van der Waals surface area (Å²) in [6.07, 6.45) is 3.53. The molecular weight excluding hydrogens is 320 g/mol. The van der Waals surface area contributed by atoms with E-state index >= 15 is 0 Å². The van der Waals surface area contributed by atoms with Crippen LogP contribution in [0.2, 0.25) is 0 Å². The van der Waals surface area contributed by atoms with Crippen molar-refractivity contribution in [3.8, 4) is 0 Å². The molecule has 2 aliphatic rings. The smallest absolute Gasteiger partial charge is 0.334 e. The Hall–Kier alpha value is -1.88. The summed E-state index contributed by atoms with van der Waals surface area (Å²) in [6, 6.07) is 0. The molecule has 1 N–H and O–H groups in total. The zero-order valence-corrected chi connectivity index (χ0v) is 15.5. The maximum Gasteiger partial charge on any atom is 0.334 e. The Labute approximate surface area is 149 Å². The van der Waals surface area contributed by atoms with E-state index in [9.17, 15) is 14.7 Å². The number of rotatable bonds is 3. The van der Waals surface area contributed by atoms with E-state index < -0.39 is 30.2 Å². The molecule has 0 amide bonds. The summed E-state index contributed by atoms with van der Waals surface area (Å²) in [5, 5.41) is 10.2. The second-order valence-corrected chi connectivity index (χ2v) is 7.21. The zero-order chi connectivity index (χ0) is 18.7. The predicted molar refractivity (Wildman–Crippen MR) is 94.6 cm³/mol. The van der Waals surface area contributed by atoms with Crippen LogP contribution >= 0.6 is 0 Å². The number of carbonyl (C=O) groups excluding carboxylic acids is 2. The molecule has 5 heteroatoms. The van der Waals surface area contributed by atoms with Crippen molar-refractivity contribution in [2.75, 3.05) is 0 Å². The van der Waals surface area contributed by atoms with Crippen molar-refractivity contribution in [1.82, 2.24) is 0 Å². The third-order valence-electron chi connectivity index (χ3n) is 4.92. The maximum absolute atomic E-state index is 12.3. The van der Waals surface area contributed by atoms with Crippen molar-refractivity contribution < 1.29 is 24.2 Å². The van der Waals surface area contributed by atoms with Crippen LogP contribution < -0.4 is 0 Å². The molecule has 1 fully saturated rings. The number of hydrogen-bond donors (Lipinski definition) is 1. The summed E-state index contributed by atoms with van der Waals surface area (Å²) in [4.78, 5) is 24.4. The average molecular weight is 348 g/mol. The van der Waals surface area contributed by atoms with Gasteiger partial charge in [-0.3, -0.25) is 4.79 Å². The van der Waals surface area contributed by atoms with E-state index in [0.29, 0.717) is 24.8 Å². The minimum atomic E-state index is -0.612. The fourth-order valence-corrected chi connectivity index (χ4v) is 3.31. The van der Waals surface area contributed by atoms with Crippen LogP contribution in [0.15, 0.2) is 35.5 Å². The molecule has 5 atom stereocenters. The molecule has 1 aliphatic heterocycles. The van der Waals surface area contributed by atoms with Crippen molar-refractivity contribution in [3.05, 3.63) is 35.5 Å². The molecule has 1 saturated heterocycles. The number of fused-ring (bicyclic) bond motifs is 1. The summed E-state index contributed by atoms with van der Waals surface area (Å²) < 4.78 is 11.2. The molecule has 0 radical (unpaired) electrons. The number of aliphatic hydroxyl groups is 1. The molecule has 0 aromatic rings. The normalized spacial score (nSPS) is 31.4. The van der Waals surface area contributed by atoms with Gasteiger partial charge in [-0.15, -0.1) is 0 Å². The molecule has 0 aromatic carbocycles. The molecule has 1 heterocycles. The molecule has 0 spiro atoms. The van der Waals surface area contributed by atoms with Gasteiger partial charge in [0.2, 0.25) is 0 Å². The van der Waals surface area contributed by atoms with Crippen molar-refractivity contribution >= 4 is 11.9 Å². The van der Waals surface area contributed by atoms with Crippen LogP contribution in [0.5, 0.6) is 0 Å². The largest absolute Gasteiger partial charge is 0.461 e. The highest BCUT2D eigenvalue weighted by Gasteiger charge is 2.44. The van der Waals surface area contributed by atoms with Gasteiger partial charge in [0, 0.05) is 12.0 Å². The number of hydrogen-bond acceptors (Lipinski definition) is 5. The third kappa shape index (κ3) is 4.60. The summed E-state index contributed by atoms with van der Waals surface area (Å²) in [7, 11) is 0. The van der Waals surface area contributed by atoms with Gasteiger partial charge in [-0.05, 0) is 32.8 Å². The Balaban J connectivity index is 2.39. The van der Waals surface area contributed by atoms with E-state index in [1.54, 1.807) is 6.08 Å². The van der Waals surface area contributed by atoms with Crippen LogP contribution in [-0.2, 0) is 19.1 Å². The van der Waals surface area contributed by atoms with Crippen LogP contribution in [0.3, 0.4) is 0 Å². The van der Waals surface area contributed by atoms with Gasteiger partial charge < -0.3 is 14.6 Å². The van der Waals surface area contributed by atoms with E-state index in [2.05, 4.69) is 6.58 Å². The standard InChI is InChI=1S/C20H28O5/c1-6-13(4)19(22)24-16-9-11(2)7-15(21)8-12(3)10-17-18(16)14(5)20(23)25-17/h7,10,13,15-18,21H,5-6,8-9H2,1-4H3. The lowest BCUT2D eigenvalue weighted by atomic mass is 9.85. The Morgan fingerprint density at radius 1 is 1.36 bits per heavy atom. The van der Waals surface area contributed by atoms with Crippen LogP contribution in [-0.4, -0.2) is 35.4 Å². The molecule has 0 bridgehead atoms. The van der Waals surface area contributed by atoms with Crippen molar-refractivity contribution in [2.45, 2.75) is 65.3 Å². The number of aliphatic hydroxyl groups excluding tert-OH is 1. The number of ether oxygens (including phenoxy) is 2. The van der Waals surface area contributed by atoms with Gasteiger partial charge in [-0.1, -0.05) is 37.6 Å². The minimum absolute atomic E-state index is 0.215. The first-order valence-corrected chi connectivity index (χ1v) is 8.85. The molecule has 2 rings (SSSR count). The fourth-order valence-electron chi connectivity index (χ4n) is 3.31. The summed E-state index contributed by atoms with van der Waals surface area (Å²) in [5.41, 5.74) is 2.17. The van der Waals surface area contributed by atoms with E-state index in [4.69, 9.17) is 9.47 Å². The maximum atomic E-state index is 12.3. The summed E-state index contributed by atoms with van der Waals surface area (Å²) in [5.74, 6) is -1.36. The molecular formula is C20H28O5. The van der Waals surface area contributed by atoms with Crippen molar-refractivity contribution in [1.29, 1.82) is 0 Å². The van der Waals surface area contributed by atoms with Crippen LogP contribution in [0.1, 0.15) is 47.0 Å². The topological polar surface area (TPSA) is 72.8 Å². The second kappa shape index (κ2) is 8.00. The van der Waals surface area contributed by atoms with Crippen molar-refractivity contribution in [2.24, 2.45) is 11.8 Å². The van der Waals surface area contributed by atoms with E-state index in [1.807, 2.05) is 33.8 Å². The van der Waals surface area contributed by atoms with Gasteiger partial charge in [0.25, 0.3) is 0 Å². The highest BCUT2D eigenvalue weighted by atomic mass is 16.6. The molecule has 0 aromatic heterocycles. The first-order chi connectivity index (χ1) is 11.7. The molecule has 1 aliphatic carbocycles. The zero-order valence-electron chi connectivity index (χ0n) is 15.5. The van der Waals surface area contributed by atoms with Gasteiger partial charge in [0.05, 0.1) is 17.9 Å². The van der Waals surface area contributed by atoms with Gasteiger partial charge in [-0.25, -0.2) is 4.79 Å². The van der Waals surface area contributed by atoms with Gasteiger partial charge in [0.15, 0.2) is 0 Å². The van der Waals surface area contributed by atoms with E-state index in [0.717, 1.165) is 11.1 Å². The van der Waals surface area contributed by atoms with Gasteiger partial charge >= 0.3 is 11.9 Å². The predicted octanol–water partition coefficient (Wildman–Crippen LogP) is 3.09. The van der Waals surface area contributed by atoms with Gasteiger partial charge in [-0.2, -0.15) is 0 Å². The lowest BCUT2D eigenvalue weighted by Gasteiger charge is -2.28. The molecule has 5 unspecified atom stereocenters. The monoisotopic (exact) mass is 348 g/mol. The van der Waals surface area contributed by atoms with E-state index in [-0.39, 0.29) is 11.9 Å². The molecule has 25 heavy (non-hydrogen) atoms. The quantitative estimate of drug-likeness (QED) is 0.482.